The highest BCUT2D eigenvalue weighted by atomic mass is 32.2. The van der Waals surface area contributed by atoms with Crippen LogP contribution < -0.4 is 10.4 Å². The van der Waals surface area contributed by atoms with E-state index in [2.05, 4.69) is 11.8 Å². The van der Waals surface area contributed by atoms with E-state index in [4.69, 9.17) is 9.15 Å². The van der Waals surface area contributed by atoms with Crippen LogP contribution in [0.2, 0.25) is 0 Å². The number of thioether (sulfide) groups is 1. The van der Waals surface area contributed by atoms with Crippen molar-refractivity contribution in [3.8, 4) is 17.6 Å². The van der Waals surface area contributed by atoms with E-state index in [0.717, 1.165) is 16.2 Å². The van der Waals surface area contributed by atoms with Crippen molar-refractivity contribution in [3.05, 3.63) is 58.1 Å². The Morgan fingerprint density at radius 1 is 1.19 bits per heavy atom. The molecule has 0 saturated carbocycles. The van der Waals surface area contributed by atoms with Crippen molar-refractivity contribution in [2.24, 2.45) is 0 Å². The normalized spacial score (nSPS) is 9.81. The molecule has 0 unspecified atom stereocenters. The quantitative estimate of drug-likeness (QED) is 0.640. The van der Waals surface area contributed by atoms with Gasteiger partial charge < -0.3 is 9.15 Å². The lowest BCUT2D eigenvalue weighted by molar-refractivity contribution is 0.367. The number of rotatable bonds is 4. The Bertz CT molecular complexity index is 723. The van der Waals surface area contributed by atoms with E-state index in [9.17, 15) is 4.79 Å². The van der Waals surface area contributed by atoms with Crippen LogP contribution in [0.5, 0.6) is 5.75 Å². The minimum Gasteiger partial charge on any atom is -0.481 e. The van der Waals surface area contributed by atoms with Gasteiger partial charge in [-0.3, -0.25) is 0 Å². The van der Waals surface area contributed by atoms with Gasteiger partial charge in [0.15, 0.2) is 0 Å². The van der Waals surface area contributed by atoms with E-state index in [-0.39, 0.29) is 5.63 Å². The maximum Gasteiger partial charge on any atom is 0.336 e. The lowest BCUT2D eigenvalue weighted by atomic mass is 10.2. The first-order valence-electron chi connectivity index (χ1n) is 6.54. The molecule has 0 amide bonds. The van der Waals surface area contributed by atoms with E-state index < -0.39 is 0 Å². The molecule has 2 aromatic rings. The third-order valence-corrected chi connectivity index (χ3v) is 3.55. The highest BCUT2D eigenvalue weighted by molar-refractivity contribution is 7.99. The highest BCUT2D eigenvalue weighted by Crippen LogP contribution is 2.17. The molecule has 0 aliphatic heterocycles. The molecule has 1 aromatic carbocycles. The molecule has 3 nitrogen and oxygen atoms in total. The Labute approximate surface area is 128 Å². The third-order valence-electron chi connectivity index (χ3n) is 2.70. The average molecular weight is 300 g/mol. The average Bonchev–Trinajstić information content (AvgIpc) is 2.43. The van der Waals surface area contributed by atoms with Crippen molar-refractivity contribution in [2.75, 3.05) is 12.4 Å². The molecule has 1 aromatic heterocycles. The molecule has 0 atom stereocenters. The molecule has 2 rings (SSSR count). The van der Waals surface area contributed by atoms with Crippen LogP contribution in [-0.2, 0) is 0 Å². The number of aryl methyl sites for hydroxylation is 2. The Kier molecular flexibility index (Phi) is 5.53. The summed E-state index contributed by atoms with van der Waals surface area (Å²) in [5, 5.41) is 0. The van der Waals surface area contributed by atoms with Crippen molar-refractivity contribution in [2.45, 2.75) is 18.7 Å². The summed E-state index contributed by atoms with van der Waals surface area (Å²) in [6, 6.07) is 11.2. The molecule has 0 spiro atoms. The summed E-state index contributed by atoms with van der Waals surface area (Å²) in [5.41, 5.74) is 0.772. The summed E-state index contributed by atoms with van der Waals surface area (Å²) in [6.07, 6.45) is 0. The fraction of sp³-hybridized carbons (Fsp3) is 0.235. The third kappa shape index (κ3) is 5.05. The van der Waals surface area contributed by atoms with E-state index >= 15 is 0 Å². The summed E-state index contributed by atoms with van der Waals surface area (Å²) in [5.74, 6) is 8.06. The van der Waals surface area contributed by atoms with E-state index in [1.165, 1.54) is 17.8 Å². The van der Waals surface area contributed by atoms with Crippen LogP contribution in [0.4, 0.5) is 0 Å². The smallest absolute Gasteiger partial charge is 0.336 e. The van der Waals surface area contributed by atoms with Gasteiger partial charge in [-0.05, 0) is 31.5 Å². The lowest BCUT2D eigenvalue weighted by Crippen LogP contribution is -1.97. The zero-order valence-electron chi connectivity index (χ0n) is 12.0. The summed E-state index contributed by atoms with van der Waals surface area (Å²) in [4.78, 5) is 12.1. The van der Waals surface area contributed by atoms with Crippen LogP contribution in [0.25, 0.3) is 0 Å². The van der Waals surface area contributed by atoms with Crippen LogP contribution in [-0.4, -0.2) is 12.4 Å². The van der Waals surface area contributed by atoms with Crippen molar-refractivity contribution in [1.29, 1.82) is 0 Å². The summed E-state index contributed by atoms with van der Waals surface area (Å²) >= 11 is 1.51. The predicted octanol–water partition coefficient (Wildman–Crippen LogP) is 3.43. The second-order valence-corrected chi connectivity index (χ2v) is 5.47. The van der Waals surface area contributed by atoms with Gasteiger partial charge in [-0.1, -0.05) is 30.0 Å². The zero-order valence-corrected chi connectivity index (χ0v) is 12.8. The molecule has 0 fully saturated rings. The van der Waals surface area contributed by atoms with Crippen LogP contribution in [0.15, 0.2) is 50.5 Å². The largest absolute Gasteiger partial charge is 0.481 e. The molecule has 0 saturated heterocycles. The van der Waals surface area contributed by atoms with Crippen molar-refractivity contribution in [1.82, 2.24) is 0 Å². The van der Waals surface area contributed by atoms with E-state index in [1.54, 1.807) is 6.92 Å². The minimum atomic E-state index is -0.326. The summed E-state index contributed by atoms with van der Waals surface area (Å²) < 4.78 is 10.5. The summed E-state index contributed by atoms with van der Waals surface area (Å²) in [7, 11) is 0. The molecule has 0 aliphatic rings. The van der Waals surface area contributed by atoms with E-state index in [0.29, 0.717) is 18.1 Å². The molecule has 4 heteroatoms. The fourth-order valence-electron chi connectivity index (χ4n) is 1.71. The molecule has 0 bridgehead atoms. The first kappa shape index (κ1) is 15.3. The molecular weight excluding hydrogens is 284 g/mol. The standard InChI is InChI=1S/C17H16O3S/c1-13-7-3-4-8-16(13)19-9-5-6-10-21-15-11-14(2)20-17(18)12-15/h3-4,7-8,11-12H,9-10H2,1-2H3. The molecule has 108 valence electrons. The first-order chi connectivity index (χ1) is 10.1. The van der Waals surface area contributed by atoms with Gasteiger partial charge in [0, 0.05) is 11.0 Å². The number of para-hydroxylation sites is 1. The Morgan fingerprint density at radius 2 is 2.00 bits per heavy atom. The van der Waals surface area contributed by atoms with Gasteiger partial charge in [0.05, 0.1) is 5.75 Å². The van der Waals surface area contributed by atoms with Crippen molar-refractivity contribution >= 4 is 11.8 Å². The monoisotopic (exact) mass is 300 g/mol. The van der Waals surface area contributed by atoms with Crippen LogP contribution >= 0.6 is 11.8 Å². The second-order valence-electron chi connectivity index (χ2n) is 4.42. The number of ether oxygens (including phenoxy) is 1. The van der Waals surface area contributed by atoms with Gasteiger partial charge in [0.25, 0.3) is 0 Å². The number of hydrogen-bond acceptors (Lipinski definition) is 4. The minimum absolute atomic E-state index is 0.326. The predicted molar refractivity (Wildman–Crippen MR) is 84.9 cm³/mol. The Balaban J connectivity index is 1.79. The maximum absolute atomic E-state index is 11.2. The van der Waals surface area contributed by atoms with Crippen LogP contribution in [0.1, 0.15) is 11.3 Å². The topological polar surface area (TPSA) is 39.4 Å². The van der Waals surface area contributed by atoms with Crippen LogP contribution in [0.3, 0.4) is 0 Å². The Hall–Kier alpha value is -2.12. The Morgan fingerprint density at radius 3 is 2.76 bits per heavy atom. The van der Waals surface area contributed by atoms with Gasteiger partial charge in [-0.2, -0.15) is 0 Å². The molecule has 0 aliphatic carbocycles. The first-order valence-corrected chi connectivity index (χ1v) is 7.52. The van der Waals surface area contributed by atoms with Crippen molar-refractivity contribution in [3.63, 3.8) is 0 Å². The fourth-order valence-corrected chi connectivity index (χ4v) is 2.48. The molecule has 21 heavy (non-hydrogen) atoms. The highest BCUT2D eigenvalue weighted by Gasteiger charge is 1.98. The molecule has 0 radical (unpaired) electrons. The van der Waals surface area contributed by atoms with Gasteiger partial charge in [-0.15, -0.1) is 11.8 Å². The molecule has 0 N–H and O–H groups in total. The molecule has 1 heterocycles. The summed E-state index contributed by atoms with van der Waals surface area (Å²) in [6.45, 7) is 4.12. The van der Waals surface area contributed by atoms with Crippen molar-refractivity contribution < 1.29 is 9.15 Å². The SMILES string of the molecule is Cc1cc(SCC#CCOc2ccccc2C)cc(=O)o1. The van der Waals surface area contributed by atoms with Gasteiger partial charge in [-0.25, -0.2) is 4.79 Å². The zero-order chi connectivity index (χ0) is 15.1. The van der Waals surface area contributed by atoms with E-state index in [1.807, 2.05) is 37.3 Å². The molecular formula is C17H16O3S. The van der Waals surface area contributed by atoms with Crippen LogP contribution in [0, 0.1) is 25.7 Å². The lowest BCUT2D eigenvalue weighted by Gasteiger charge is -2.04. The number of benzene rings is 1. The van der Waals surface area contributed by atoms with Gasteiger partial charge in [0.1, 0.15) is 18.1 Å². The van der Waals surface area contributed by atoms with Gasteiger partial charge >= 0.3 is 5.63 Å². The maximum atomic E-state index is 11.2. The second kappa shape index (κ2) is 7.61. The van der Waals surface area contributed by atoms with Gasteiger partial charge in [0.2, 0.25) is 0 Å². The number of hydrogen-bond donors (Lipinski definition) is 0.